The molecule has 7 heteroatoms. The minimum atomic E-state index is 0. The molecule has 1 fully saturated rings. The van der Waals surface area contributed by atoms with E-state index in [0.29, 0.717) is 17.8 Å². The molecule has 2 atom stereocenters. The van der Waals surface area contributed by atoms with E-state index in [1.165, 1.54) is 6.42 Å². The van der Waals surface area contributed by atoms with Crippen molar-refractivity contribution in [3.8, 4) is 5.75 Å². The average molecular weight is 339 g/mol. The second-order valence-electron chi connectivity index (χ2n) is 5.85. The van der Waals surface area contributed by atoms with Gasteiger partial charge in [0.25, 0.3) is 5.55 Å². The van der Waals surface area contributed by atoms with Crippen molar-refractivity contribution in [2.45, 2.75) is 51.8 Å². The number of ether oxygens (including phenoxy) is 1. The van der Waals surface area contributed by atoms with Gasteiger partial charge in [0.15, 0.2) is 6.61 Å². The number of aromatic nitrogens is 2. The summed E-state index contributed by atoms with van der Waals surface area (Å²) in [6, 6.07) is 10.3. The number of halogens is 1. The molecule has 6 nitrogen and oxygen atoms in total. The van der Waals surface area contributed by atoms with Gasteiger partial charge < -0.3 is 9.26 Å². The summed E-state index contributed by atoms with van der Waals surface area (Å²) in [5.41, 5.74) is 0.699. The van der Waals surface area contributed by atoms with Gasteiger partial charge in [0, 0.05) is 12.1 Å². The van der Waals surface area contributed by atoms with Crippen molar-refractivity contribution in [3.63, 3.8) is 0 Å². The zero-order valence-electron chi connectivity index (χ0n) is 13.4. The smallest absolute Gasteiger partial charge is 0.303 e. The third kappa shape index (κ3) is 3.69. The zero-order valence-corrected chi connectivity index (χ0v) is 14.3. The highest BCUT2D eigenvalue weighted by Gasteiger charge is 2.29. The van der Waals surface area contributed by atoms with Crippen LogP contribution in [0.1, 0.15) is 38.8 Å². The molecular weight excluding hydrogens is 316 g/mol. The molecule has 2 aromatic rings. The first-order valence-electron chi connectivity index (χ1n) is 7.75. The molecule has 23 heavy (non-hydrogen) atoms. The molecule has 1 N–H and O–H groups in total. The van der Waals surface area contributed by atoms with Gasteiger partial charge in [-0.1, -0.05) is 43.3 Å². The van der Waals surface area contributed by atoms with Crippen LogP contribution in [0.3, 0.4) is 0 Å². The van der Waals surface area contributed by atoms with E-state index in [9.17, 15) is 0 Å². The SMILES string of the molecule is CC1CCCC(C)N1[n+]1[n-]oc(=N)c1COc1ccccc1.Cl. The Balaban J connectivity index is 0.00000192. The van der Waals surface area contributed by atoms with E-state index in [-0.39, 0.29) is 24.6 Å². The van der Waals surface area contributed by atoms with Crippen molar-refractivity contribution in [3.05, 3.63) is 41.6 Å². The molecule has 1 saturated heterocycles. The van der Waals surface area contributed by atoms with E-state index >= 15 is 0 Å². The highest BCUT2D eigenvalue weighted by molar-refractivity contribution is 5.85. The van der Waals surface area contributed by atoms with Crippen molar-refractivity contribution < 1.29 is 14.1 Å². The van der Waals surface area contributed by atoms with Crippen LogP contribution in [-0.4, -0.2) is 12.1 Å². The van der Waals surface area contributed by atoms with E-state index in [0.717, 1.165) is 18.6 Å². The Morgan fingerprint density at radius 3 is 2.57 bits per heavy atom. The maximum Gasteiger partial charge on any atom is 0.303 e. The summed E-state index contributed by atoms with van der Waals surface area (Å²) in [6.45, 7) is 4.63. The number of nitrogens with zero attached hydrogens (tertiary/aromatic N) is 3. The van der Waals surface area contributed by atoms with Crippen molar-refractivity contribution >= 4 is 12.4 Å². The maximum atomic E-state index is 7.95. The predicted octanol–water partition coefficient (Wildman–Crippen LogP) is 1.90. The van der Waals surface area contributed by atoms with Crippen LogP contribution in [0.15, 0.2) is 34.9 Å². The van der Waals surface area contributed by atoms with Crippen LogP contribution in [0.2, 0.25) is 0 Å². The molecule has 1 aromatic heterocycles. The first-order valence-corrected chi connectivity index (χ1v) is 7.75. The number of hydrogen-bond acceptors (Lipinski definition) is 4. The summed E-state index contributed by atoms with van der Waals surface area (Å²) in [5.74, 6) is 0.773. The molecule has 0 radical (unpaired) electrons. The average Bonchev–Trinajstić information content (AvgIpc) is 2.87. The lowest BCUT2D eigenvalue weighted by molar-refractivity contribution is -0.778. The summed E-state index contributed by atoms with van der Waals surface area (Å²) in [5, 5.41) is 14.2. The molecule has 0 bridgehead atoms. The maximum absolute atomic E-state index is 7.95. The Morgan fingerprint density at radius 1 is 1.26 bits per heavy atom. The van der Waals surface area contributed by atoms with Crippen LogP contribution < -0.4 is 25.4 Å². The summed E-state index contributed by atoms with van der Waals surface area (Å²) in [4.78, 5) is 1.72. The molecule has 0 aliphatic carbocycles. The van der Waals surface area contributed by atoms with Gasteiger partial charge in [-0.25, -0.2) is 0 Å². The molecule has 1 aromatic carbocycles. The van der Waals surface area contributed by atoms with Crippen molar-refractivity contribution in [1.29, 1.82) is 5.41 Å². The summed E-state index contributed by atoms with van der Waals surface area (Å²) >= 11 is 0. The summed E-state index contributed by atoms with van der Waals surface area (Å²) in [7, 11) is 0. The van der Waals surface area contributed by atoms with Crippen LogP contribution in [0.25, 0.3) is 0 Å². The fourth-order valence-electron chi connectivity index (χ4n) is 3.03. The van der Waals surface area contributed by atoms with Crippen molar-refractivity contribution in [1.82, 2.24) is 5.27 Å². The number of rotatable bonds is 4. The summed E-state index contributed by atoms with van der Waals surface area (Å²) in [6.07, 6.45) is 3.47. The summed E-state index contributed by atoms with van der Waals surface area (Å²) < 4.78 is 10.9. The van der Waals surface area contributed by atoms with Gasteiger partial charge in [-0.3, -0.25) is 10.4 Å². The largest absolute Gasteiger partial charge is 0.482 e. The van der Waals surface area contributed by atoms with Gasteiger partial charge in [-0.05, 0) is 30.2 Å². The van der Waals surface area contributed by atoms with Crippen molar-refractivity contribution in [2.24, 2.45) is 0 Å². The molecule has 3 rings (SSSR count). The number of hydrogen-bond donors (Lipinski definition) is 1. The molecule has 1 aliphatic heterocycles. The Kier molecular flexibility index (Phi) is 5.71. The van der Waals surface area contributed by atoms with Crippen LogP contribution in [0.5, 0.6) is 5.75 Å². The second-order valence-corrected chi connectivity index (χ2v) is 5.85. The molecule has 126 valence electrons. The zero-order chi connectivity index (χ0) is 15.5. The van der Waals surface area contributed by atoms with Gasteiger partial charge in [0.05, 0.1) is 0 Å². The second kappa shape index (κ2) is 7.55. The number of benzene rings is 1. The van der Waals surface area contributed by atoms with Crippen LogP contribution in [0.4, 0.5) is 0 Å². The van der Waals surface area contributed by atoms with Gasteiger partial charge in [0.2, 0.25) is 0 Å². The Hall–Kier alpha value is -1.95. The molecule has 2 unspecified atom stereocenters. The lowest BCUT2D eigenvalue weighted by atomic mass is 10.00. The minimum absolute atomic E-state index is 0. The Morgan fingerprint density at radius 2 is 1.91 bits per heavy atom. The van der Waals surface area contributed by atoms with E-state index in [1.54, 1.807) is 4.79 Å². The van der Waals surface area contributed by atoms with Gasteiger partial charge >= 0.3 is 5.69 Å². The normalized spacial score (nSPS) is 20.9. The number of nitrogens with one attached hydrogen (secondary N) is 1. The molecule has 1 aliphatic rings. The third-order valence-corrected chi connectivity index (χ3v) is 4.20. The fraction of sp³-hybridized carbons (Fsp3) is 0.500. The van der Waals surface area contributed by atoms with Gasteiger partial charge in [0.1, 0.15) is 5.75 Å². The van der Waals surface area contributed by atoms with E-state index in [4.69, 9.17) is 14.7 Å². The molecule has 0 amide bonds. The molecule has 2 heterocycles. The van der Waals surface area contributed by atoms with E-state index in [2.05, 4.69) is 24.1 Å². The van der Waals surface area contributed by atoms with Crippen molar-refractivity contribution in [2.75, 3.05) is 5.01 Å². The van der Waals surface area contributed by atoms with E-state index in [1.807, 2.05) is 30.3 Å². The third-order valence-electron chi connectivity index (χ3n) is 4.20. The minimum Gasteiger partial charge on any atom is -0.482 e. The number of para-hydroxylation sites is 1. The van der Waals surface area contributed by atoms with E-state index < -0.39 is 0 Å². The Bertz CT molecular complexity index is 660. The first-order chi connectivity index (χ1) is 10.7. The molecular formula is C16H23ClN4O2. The van der Waals surface area contributed by atoms with Gasteiger partial charge in [-0.15, -0.1) is 12.4 Å². The van der Waals surface area contributed by atoms with Gasteiger partial charge in [-0.2, -0.15) is 0 Å². The van der Waals surface area contributed by atoms with Crippen LogP contribution in [0, 0.1) is 5.41 Å². The molecule has 0 spiro atoms. The highest BCUT2D eigenvalue weighted by Crippen LogP contribution is 2.18. The first kappa shape index (κ1) is 17.4. The fourth-order valence-corrected chi connectivity index (χ4v) is 3.03. The number of piperidine rings is 1. The monoisotopic (exact) mass is 338 g/mol. The lowest BCUT2D eigenvalue weighted by Gasteiger charge is -2.39. The topological polar surface area (TPSA) is 67.4 Å². The predicted molar refractivity (Wildman–Crippen MR) is 87.1 cm³/mol. The quantitative estimate of drug-likeness (QED) is 0.865. The Labute approximate surface area is 141 Å². The van der Waals surface area contributed by atoms with Crippen LogP contribution >= 0.6 is 12.4 Å². The van der Waals surface area contributed by atoms with Crippen LogP contribution in [-0.2, 0) is 6.61 Å². The highest BCUT2D eigenvalue weighted by atomic mass is 35.5. The molecule has 0 saturated carbocycles. The lowest BCUT2D eigenvalue weighted by Crippen LogP contribution is -2.70. The standard InChI is InChI=1S/C16H22N4O2.ClH/c1-12-7-6-8-13(2)19(12)20-15(16(17)22-18-20)11-21-14-9-4-3-5-10-14;/h3-5,9-10,12-13,17H,6-8,11H2,1-2H3;1H.